The van der Waals surface area contributed by atoms with E-state index in [1.165, 1.54) is 0 Å². The molecule has 0 amide bonds. The van der Waals surface area contributed by atoms with Gasteiger partial charge in [0.25, 0.3) is 0 Å². The normalized spacial score (nSPS) is 13.2. The third-order valence-corrected chi connectivity index (χ3v) is 2.64. The predicted octanol–water partition coefficient (Wildman–Crippen LogP) is 3.92. The maximum atomic E-state index is 5.92. The van der Waals surface area contributed by atoms with Crippen molar-refractivity contribution in [2.24, 2.45) is 0 Å². The van der Waals surface area contributed by atoms with Crippen LogP contribution in [0, 0.1) is 0 Å². The fraction of sp³-hybridized carbons (Fsp3) is 0.143. The lowest BCUT2D eigenvalue weighted by Crippen LogP contribution is -1.96. The Labute approximate surface area is 111 Å². The second-order valence-corrected chi connectivity index (χ2v) is 4.10. The summed E-state index contributed by atoms with van der Waals surface area (Å²) in [6.45, 7) is 3.96. The standard InChI is InChI=1S/C14H14ClN3/c1-3-5-7-11(6-4-2)12-10-16-14-9-8-13(15)17-18(12)14/h3-10H,1-2H3/b5-3-,6-4-,11-7+. The molecule has 3 nitrogen and oxygen atoms in total. The Hall–Kier alpha value is -1.87. The van der Waals surface area contributed by atoms with E-state index in [0.717, 1.165) is 16.9 Å². The summed E-state index contributed by atoms with van der Waals surface area (Å²) in [5, 5.41) is 4.72. The first-order valence-electron chi connectivity index (χ1n) is 5.72. The first-order chi connectivity index (χ1) is 8.76. The molecule has 18 heavy (non-hydrogen) atoms. The summed E-state index contributed by atoms with van der Waals surface area (Å²) in [6, 6.07) is 3.58. The molecule has 0 aromatic carbocycles. The molecule has 0 saturated heterocycles. The molecule has 0 aliphatic heterocycles. The summed E-state index contributed by atoms with van der Waals surface area (Å²) in [7, 11) is 0. The highest BCUT2D eigenvalue weighted by molar-refractivity contribution is 6.29. The summed E-state index contributed by atoms with van der Waals surface area (Å²) in [6.07, 6.45) is 11.8. The molecule has 0 spiro atoms. The van der Waals surface area contributed by atoms with Gasteiger partial charge in [-0.25, -0.2) is 9.50 Å². The highest BCUT2D eigenvalue weighted by Gasteiger charge is 2.07. The number of fused-ring (bicyclic) bond motifs is 1. The van der Waals surface area contributed by atoms with Crippen LogP contribution < -0.4 is 0 Å². The van der Waals surface area contributed by atoms with Crippen molar-refractivity contribution in [3.63, 3.8) is 0 Å². The smallest absolute Gasteiger partial charge is 0.154 e. The van der Waals surface area contributed by atoms with Gasteiger partial charge < -0.3 is 0 Å². The van der Waals surface area contributed by atoms with Crippen molar-refractivity contribution in [2.45, 2.75) is 13.8 Å². The van der Waals surface area contributed by atoms with E-state index < -0.39 is 0 Å². The minimum atomic E-state index is 0.451. The number of allylic oxidation sites excluding steroid dienone is 6. The van der Waals surface area contributed by atoms with Crippen molar-refractivity contribution in [1.82, 2.24) is 14.6 Å². The van der Waals surface area contributed by atoms with Crippen LogP contribution in [0.1, 0.15) is 19.5 Å². The predicted molar refractivity (Wildman–Crippen MR) is 75.6 cm³/mol. The van der Waals surface area contributed by atoms with Crippen LogP contribution in [0.5, 0.6) is 0 Å². The number of hydrogen-bond acceptors (Lipinski definition) is 2. The third kappa shape index (κ3) is 2.51. The molecule has 2 aromatic heterocycles. The van der Waals surface area contributed by atoms with Gasteiger partial charge in [0.15, 0.2) is 5.65 Å². The van der Waals surface area contributed by atoms with Gasteiger partial charge in [-0.2, -0.15) is 5.10 Å². The molecule has 0 bridgehead atoms. The van der Waals surface area contributed by atoms with Gasteiger partial charge in [-0.1, -0.05) is 42.0 Å². The molecule has 2 aromatic rings. The highest BCUT2D eigenvalue weighted by Crippen LogP contribution is 2.18. The van der Waals surface area contributed by atoms with Gasteiger partial charge >= 0.3 is 0 Å². The van der Waals surface area contributed by atoms with E-state index >= 15 is 0 Å². The number of imidazole rings is 1. The number of hydrogen-bond donors (Lipinski definition) is 0. The van der Waals surface area contributed by atoms with Crippen LogP contribution in [0.15, 0.2) is 48.7 Å². The summed E-state index contributed by atoms with van der Waals surface area (Å²) in [5.74, 6) is 0. The van der Waals surface area contributed by atoms with E-state index in [0.29, 0.717) is 5.15 Å². The van der Waals surface area contributed by atoms with E-state index in [1.54, 1.807) is 16.8 Å². The lowest BCUT2D eigenvalue weighted by atomic mass is 10.1. The second kappa shape index (κ2) is 5.65. The van der Waals surface area contributed by atoms with E-state index in [4.69, 9.17) is 11.6 Å². The number of halogens is 1. The van der Waals surface area contributed by atoms with Gasteiger partial charge in [-0.3, -0.25) is 0 Å². The van der Waals surface area contributed by atoms with Crippen LogP contribution in [-0.4, -0.2) is 14.6 Å². The fourth-order valence-electron chi connectivity index (χ4n) is 1.65. The van der Waals surface area contributed by atoms with Crippen molar-refractivity contribution in [3.05, 3.63) is 59.6 Å². The van der Waals surface area contributed by atoms with Crippen LogP contribution in [0.25, 0.3) is 11.2 Å². The quantitative estimate of drug-likeness (QED) is 0.782. The van der Waals surface area contributed by atoms with Gasteiger partial charge in [0.2, 0.25) is 0 Å². The highest BCUT2D eigenvalue weighted by atomic mass is 35.5. The molecule has 2 rings (SSSR count). The minimum Gasteiger partial charge on any atom is -0.235 e. The first-order valence-corrected chi connectivity index (χ1v) is 6.10. The molecule has 0 fully saturated rings. The molecule has 0 aliphatic rings. The molecule has 4 heteroatoms. The molecule has 0 unspecified atom stereocenters. The molecular weight excluding hydrogens is 246 g/mol. The van der Waals surface area contributed by atoms with Gasteiger partial charge in [0.05, 0.1) is 11.9 Å². The van der Waals surface area contributed by atoms with E-state index in [2.05, 4.69) is 10.1 Å². The number of aromatic nitrogens is 3. The Morgan fingerprint density at radius 1 is 1.28 bits per heavy atom. The Balaban J connectivity index is 2.60. The molecule has 0 saturated carbocycles. The Bertz CT molecular complexity index is 636. The van der Waals surface area contributed by atoms with Gasteiger partial charge in [-0.05, 0) is 26.0 Å². The monoisotopic (exact) mass is 259 g/mol. The topological polar surface area (TPSA) is 30.2 Å². The average molecular weight is 260 g/mol. The average Bonchev–Trinajstić information content (AvgIpc) is 2.77. The summed E-state index contributed by atoms with van der Waals surface area (Å²) in [4.78, 5) is 4.31. The molecule has 92 valence electrons. The molecular formula is C14H14ClN3. The van der Waals surface area contributed by atoms with Gasteiger partial charge in [0.1, 0.15) is 5.15 Å². The van der Waals surface area contributed by atoms with E-state index in [-0.39, 0.29) is 0 Å². The maximum Gasteiger partial charge on any atom is 0.154 e. The summed E-state index contributed by atoms with van der Waals surface area (Å²) >= 11 is 5.92. The van der Waals surface area contributed by atoms with E-state index in [1.807, 2.05) is 50.3 Å². The van der Waals surface area contributed by atoms with Crippen LogP contribution in [0.4, 0.5) is 0 Å². The maximum absolute atomic E-state index is 5.92. The van der Waals surface area contributed by atoms with E-state index in [9.17, 15) is 0 Å². The zero-order valence-electron chi connectivity index (χ0n) is 10.3. The largest absolute Gasteiger partial charge is 0.235 e. The van der Waals surface area contributed by atoms with Gasteiger partial charge in [-0.15, -0.1) is 0 Å². The Morgan fingerprint density at radius 2 is 2.11 bits per heavy atom. The molecule has 0 aliphatic carbocycles. The Kier molecular flexibility index (Phi) is 3.95. The van der Waals surface area contributed by atoms with Crippen molar-refractivity contribution >= 4 is 22.8 Å². The third-order valence-electron chi connectivity index (χ3n) is 2.44. The van der Waals surface area contributed by atoms with Gasteiger partial charge in [0, 0.05) is 5.57 Å². The van der Waals surface area contributed by atoms with Crippen LogP contribution in [-0.2, 0) is 0 Å². The number of nitrogens with zero attached hydrogens (tertiary/aromatic N) is 3. The van der Waals surface area contributed by atoms with Crippen LogP contribution >= 0.6 is 11.6 Å². The Morgan fingerprint density at radius 3 is 2.83 bits per heavy atom. The number of rotatable bonds is 3. The second-order valence-electron chi connectivity index (χ2n) is 3.72. The lowest BCUT2D eigenvalue weighted by molar-refractivity contribution is 0.923. The molecule has 2 heterocycles. The minimum absolute atomic E-state index is 0.451. The van der Waals surface area contributed by atoms with Crippen LogP contribution in [0.2, 0.25) is 5.15 Å². The van der Waals surface area contributed by atoms with Crippen molar-refractivity contribution in [2.75, 3.05) is 0 Å². The zero-order valence-corrected chi connectivity index (χ0v) is 11.1. The van der Waals surface area contributed by atoms with Crippen molar-refractivity contribution in [3.8, 4) is 0 Å². The summed E-state index contributed by atoms with van der Waals surface area (Å²) in [5.41, 5.74) is 2.74. The van der Waals surface area contributed by atoms with Crippen molar-refractivity contribution in [1.29, 1.82) is 0 Å². The molecule has 0 radical (unpaired) electrons. The first kappa shape index (κ1) is 12.6. The molecule has 0 atom stereocenters. The SMILES string of the molecule is C\C=C/C=C(\C=C/C)c1cnc2ccc(Cl)nn12. The van der Waals surface area contributed by atoms with Crippen molar-refractivity contribution < 1.29 is 0 Å². The zero-order chi connectivity index (χ0) is 13.0. The lowest BCUT2D eigenvalue weighted by Gasteiger charge is -2.01. The fourth-order valence-corrected chi connectivity index (χ4v) is 1.79. The summed E-state index contributed by atoms with van der Waals surface area (Å²) < 4.78 is 1.75. The van der Waals surface area contributed by atoms with Crippen LogP contribution in [0.3, 0.4) is 0 Å². The molecule has 0 N–H and O–H groups in total.